The minimum atomic E-state index is 0.858. The summed E-state index contributed by atoms with van der Waals surface area (Å²) in [5.41, 5.74) is 0. The molecule has 0 unspecified atom stereocenters. The van der Waals surface area contributed by atoms with Crippen LogP contribution >= 0.6 is 0 Å². The van der Waals surface area contributed by atoms with Crippen molar-refractivity contribution in [3.8, 4) is 0 Å². The first-order valence-corrected chi connectivity index (χ1v) is 3.66. The molecule has 2 heterocycles. The number of hydrogen-bond acceptors (Lipinski definition) is 2. The van der Waals surface area contributed by atoms with E-state index in [-0.39, 0.29) is 0 Å². The topological polar surface area (TPSA) is 6.48 Å². The first-order valence-electron chi connectivity index (χ1n) is 3.66. The van der Waals surface area contributed by atoms with Crippen LogP contribution < -0.4 is 0 Å². The Morgan fingerprint density at radius 2 is 1.89 bits per heavy atom. The van der Waals surface area contributed by atoms with Crippen LogP contribution in [0.4, 0.5) is 0 Å². The lowest BCUT2D eigenvalue weighted by Crippen LogP contribution is -2.60. The molecular formula is C7H13N2-. The van der Waals surface area contributed by atoms with Gasteiger partial charge in [-0.05, 0) is 32.6 Å². The van der Waals surface area contributed by atoms with Gasteiger partial charge in [-0.2, -0.15) is 0 Å². The Kier molecular flexibility index (Phi) is 1.24. The van der Waals surface area contributed by atoms with Crippen LogP contribution in [0.1, 0.15) is 6.42 Å². The fourth-order valence-corrected chi connectivity index (χ4v) is 1.48. The van der Waals surface area contributed by atoms with Crippen molar-refractivity contribution in [1.29, 1.82) is 0 Å². The summed E-state index contributed by atoms with van der Waals surface area (Å²) in [5.74, 6) is 0. The molecule has 52 valence electrons. The highest BCUT2D eigenvalue weighted by molar-refractivity contribution is 4.90. The van der Waals surface area contributed by atoms with Crippen LogP contribution in [0.15, 0.2) is 0 Å². The second-order valence-corrected chi connectivity index (χ2v) is 3.08. The lowest BCUT2D eigenvalue weighted by Gasteiger charge is -2.51. The summed E-state index contributed by atoms with van der Waals surface area (Å²) in [6.45, 7) is 5.05. The average Bonchev–Trinajstić information content (AvgIpc) is 1.57. The van der Waals surface area contributed by atoms with E-state index in [1.54, 1.807) is 0 Å². The van der Waals surface area contributed by atoms with Gasteiger partial charge in [0.05, 0.1) is 0 Å². The number of nitrogens with zero attached hydrogens (tertiary/aromatic N) is 2. The third-order valence-corrected chi connectivity index (χ3v) is 2.34. The summed E-state index contributed by atoms with van der Waals surface area (Å²) < 4.78 is 0. The predicted molar refractivity (Wildman–Crippen MR) is 36.9 cm³/mol. The molecule has 0 bridgehead atoms. The first-order chi connectivity index (χ1) is 4.36. The standard InChI is InChI=1S/C7H13N2/c1-8-5-7(6-8)9-3-2-4-9/h7H,1-6H2/q-1. The Morgan fingerprint density at radius 3 is 2.22 bits per heavy atom. The van der Waals surface area contributed by atoms with Crippen molar-refractivity contribution in [1.82, 2.24) is 9.80 Å². The van der Waals surface area contributed by atoms with Crippen molar-refractivity contribution in [2.45, 2.75) is 12.5 Å². The minimum Gasteiger partial charge on any atom is -0.457 e. The third kappa shape index (κ3) is 0.864. The van der Waals surface area contributed by atoms with Gasteiger partial charge in [-0.3, -0.25) is 11.9 Å². The maximum absolute atomic E-state index is 3.84. The van der Waals surface area contributed by atoms with Crippen molar-refractivity contribution in [2.24, 2.45) is 0 Å². The fraction of sp³-hybridized carbons (Fsp3) is 0.857. The monoisotopic (exact) mass is 125 g/mol. The molecule has 2 fully saturated rings. The Labute approximate surface area is 56.4 Å². The molecule has 9 heavy (non-hydrogen) atoms. The van der Waals surface area contributed by atoms with Crippen LogP contribution in [0, 0.1) is 7.05 Å². The summed E-state index contributed by atoms with van der Waals surface area (Å²) >= 11 is 0. The molecular weight excluding hydrogens is 112 g/mol. The molecule has 0 saturated carbocycles. The van der Waals surface area contributed by atoms with Gasteiger partial charge in [-0.15, -0.1) is 0 Å². The first kappa shape index (κ1) is 5.69. The van der Waals surface area contributed by atoms with Crippen LogP contribution in [0.5, 0.6) is 0 Å². The molecule has 2 heteroatoms. The summed E-state index contributed by atoms with van der Waals surface area (Å²) in [4.78, 5) is 4.67. The molecule has 0 radical (unpaired) electrons. The normalized spacial score (nSPS) is 31.7. The van der Waals surface area contributed by atoms with Crippen LogP contribution in [-0.2, 0) is 0 Å². The van der Waals surface area contributed by atoms with Crippen molar-refractivity contribution in [3.05, 3.63) is 7.05 Å². The van der Waals surface area contributed by atoms with E-state index in [1.807, 2.05) is 0 Å². The smallest absolute Gasteiger partial charge is 0.0302 e. The van der Waals surface area contributed by atoms with E-state index in [0.717, 1.165) is 6.04 Å². The molecule has 2 rings (SSSR count). The minimum absolute atomic E-state index is 0.858. The van der Waals surface area contributed by atoms with E-state index in [1.165, 1.54) is 32.6 Å². The lowest BCUT2D eigenvalue weighted by atomic mass is 10.0. The van der Waals surface area contributed by atoms with E-state index in [0.29, 0.717) is 0 Å². The molecule has 0 aliphatic carbocycles. The molecule has 0 aromatic heterocycles. The highest BCUT2D eigenvalue weighted by Gasteiger charge is 2.28. The van der Waals surface area contributed by atoms with Gasteiger partial charge >= 0.3 is 0 Å². The quantitative estimate of drug-likeness (QED) is 0.461. The number of rotatable bonds is 1. The van der Waals surface area contributed by atoms with Crippen LogP contribution in [0.25, 0.3) is 0 Å². The van der Waals surface area contributed by atoms with Crippen molar-refractivity contribution >= 4 is 0 Å². The summed E-state index contributed by atoms with van der Waals surface area (Å²) in [6, 6.07) is 0.858. The van der Waals surface area contributed by atoms with E-state index in [4.69, 9.17) is 0 Å². The molecule has 0 atom stereocenters. The Hall–Kier alpha value is -0.0800. The largest absolute Gasteiger partial charge is 0.457 e. The van der Waals surface area contributed by atoms with Gasteiger partial charge < -0.3 is 4.90 Å². The molecule has 2 nitrogen and oxygen atoms in total. The molecule has 0 aromatic carbocycles. The van der Waals surface area contributed by atoms with E-state index in [9.17, 15) is 0 Å². The second-order valence-electron chi connectivity index (χ2n) is 3.08. The zero-order chi connectivity index (χ0) is 6.27. The zero-order valence-corrected chi connectivity index (χ0v) is 5.71. The van der Waals surface area contributed by atoms with Crippen LogP contribution in [-0.4, -0.2) is 42.0 Å². The molecule has 0 N–H and O–H groups in total. The van der Waals surface area contributed by atoms with E-state index in [2.05, 4.69) is 16.8 Å². The van der Waals surface area contributed by atoms with E-state index < -0.39 is 0 Å². The maximum atomic E-state index is 3.84. The van der Waals surface area contributed by atoms with Gasteiger partial charge in [-0.1, -0.05) is 0 Å². The van der Waals surface area contributed by atoms with Crippen molar-refractivity contribution in [3.63, 3.8) is 0 Å². The predicted octanol–water partition coefficient (Wildman–Crippen LogP) is 0.168. The van der Waals surface area contributed by atoms with Crippen molar-refractivity contribution in [2.75, 3.05) is 26.2 Å². The van der Waals surface area contributed by atoms with E-state index >= 15 is 0 Å². The van der Waals surface area contributed by atoms with Gasteiger partial charge in [0.25, 0.3) is 0 Å². The number of likely N-dealkylation sites (tertiary alicyclic amines) is 2. The molecule has 2 aliphatic rings. The zero-order valence-electron chi connectivity index (χ0n) is 5.71. The molecule has 0 amide bonds. The lowest BCUT2D eigenvalue weighted by molar-refractivity contribution is 0.0231. The summed E-state index contributed by atoms with van der Waals surface area (Å²) in [6.07, 6.45) is 1.41. The number of hydrogen-bond donors (Lipinski definition) is 0. The third-order valence-electron chi connectivity index (χ3n) is 2.34. The summed E-state index contributed by atoms with van der Waals surface area (Å²) in [5, 5.41) is 0. The summed E-state index contributed by atoms with van der Waals surface area (Å²) in [7, 11) is 3.84. The average molecular weight is 125 g/mol. The van der Waals surface area contributed by atoms with Gasteiger partial charge in [0.1, 0.15) is 0 Å². The Morgan fingerprint density at radius 1 is 1.22 bits per heavy atom. The fourth-order valence-electron chi connectivity index (χ4n) is 1.48. The Bertz CT molecular complexity index is 103. The highest BCUT2D eigenvalue weighted by Crippen LogP contribution is 2.18. The van der Waals surface area contributed by atoms with Crippen LogP contribution in [0.2, 0.25) is 0 Å². The highest BCUT2D eigenvalue weighted by atomic mass is 15.3. The van der Waals surface area contributed by atoms with Gasteiger partial charge in [0.2, 0.25) is 0 Å². The van der Waals surface area contributed by atoms with Crippen molar-refractivity contribution < 1.29 is 0 Å². The van der Waals surface area contributed by atoms with Gasteiger partial charge in [-0.25, -0.2) is 0 Å². The van der Waals surface area contributed by atoms with Crippen LogP contribution in [0.3, 0.4) is 0 Å². The molecule has 0 aromatic rings. The molecule has 0 spiro atoms. The SMILES string of the molecule is [CH2-]N1CC(N2CCC2)C1. The van der Waals surface area contributed by atoms with Gasteiger partial charge in [0.15, 0.2) is 0 Å². The van der Waals surface area contributed by atoms with Gasteiger partial charge in [0, 0.05) is 6.04 Å². The molecule has 2 aliphatic heterocycles. The molecule has 2 saturated heterocycles. The Balaban J connectivity index is 1.75. The second kappa shape index (κ2) is 1.96. The maximum Gasteiger partial charge on any atom is 0.0302 e.